The van der Waals surface area contributed by atoms with Gasteiger partial charge in [-0.2, -0.15) is 4.98 Å². The molecule has 0 spiro atoms. The Kier molecular flexibility index (Phi) is 4.38. The van der Waals surface area contributed by atoms with Crippen LogP contribution in [0.4, 0.5) is 0 Å². The number of halogens is 1. The highest BCUT2D eigenvalue weighted by atomic mass is 35.5. The third-order valence-corrected chi connectivity index (χ3v) is 3.11. The molecule has 0 bridgehead atoms. The molecule has 17 heavy (non-hydrogen) atoms. The third kappa shape index (κ3) is 3.71. The Morgan fingerprint density at radius 1 is 1.47 bits per heavy atom. The van der Waals surface area contributed by atoms with E-state index in [2.05, 4.69) is 15.0 Å². The molecule has 1 aromatic heterocycles. The molecule has 90 valence electrons. The summed E-state index contributed by atoms with van der Waals surface area (Å²) < 4.78 is 4.91. The normalized spacial score (nSPS) is 10.7. The smallest absolute Gasteiger partial charge is 0.254 e. The molecule has 2 N–H and O–H groups in total. The van der Waals surface area contributed by atoms with Crippen molar-refractivity contribution in [3.8, 4) is 0 Å². The molecule has 0 saturated carbocycles. The third-order valence-electron chi connectivity index (χ3n) is 1.88. The van der Waals surface area contributed by atoms with E-state index in [1.165, 1.54) is 0 Å². The molecule has 1 aromatic carbocycles. The van der Waals surface area contributed by atoms with E-state index in [4.69, 9.17) is 22.0 Å². The Hall–Kier alpha value is -1.08. The molecular weight excluding hydrogens is 262 g/mol. The van der Waals surface area contributed by atoms with Gasteiger partial charge in [0.25, 0.3) is 5.89 Å². The van der Waals surface area contributed by atoms with Crippen molar-refractivity contribution in [2.45, 2.75) is 17.3 Å². The number of nitrogens with zero attached hydrogens (tertiary/aromatic N) is 2. The predicted molar refractivity (Wildman–Crippen MR) is 64.3 cm³/mol. The second kappa shape index (κ2) is 6.02. The fourth-order valence-corrected chi connectivity index (χ4v) is 2.24. The van der Waals surface area contributed by atoms with Crippen LogP contribution in [0.3, 0.4) is 0 Å². The number of nitrogens with two attached hydrogens (primary N) is 1. The van der Waals surface area contributed by atoms with Gasteiger partial charge in [0.15, 0.2) is 5.82 Å². The minimum absolute atomic E-state index is 0.120. The van der Waals surface area contributed by atoms with Crippen molar-refractivity contribution in [3.63, 3.8) is 0 Å². The van der Waals surface area contributed by atoms with Gasteiger partial charge in [0, 0.05) is 9.92 Å². The minimum atomic E-state index is 0.120. The van der Waals surface area contributed by atoms with Crippen LogP contribution in [0.25, 0.3) is 0 Å². The van der Waals surface area contributed by atoms with Crippen LogP contribution in [-0.2, 0) is 17.2 Å². The largest absolute Gasteiger partial charge is 0.337 e. The van der Waals surface area contributed by atoms with Gasteiger partial charge in [0.05, 0.1) is 5.75 Å². The van der Waals surface area contributed by atoms with Crippen molar-refractivity contribution >= 4 is 23.4 Å². The molecule has 0 aliphatic heterocycles. The molecule has 5 nitrogen and oxygen atoms in total. The lowest BCUT2D eigenvalue weighted by Crippen LogP contribution is -1.98. The van der Waals surface area contributed by atoms with Gasteiger partial charge in [0.1, 0.15) is 6.61 Å². The van der Waals surface area contributed by atoms with Crippen LogP contribution >= 0.6 is 23.4 Å². The Morgan fingerprint density at radius 2 is 2.35 bits per heavy atom. The van der Waals surface area contributed by atoms with E-state index < -0.39 is 0 Å². The maximum absolute atomic E-state index is 5.88. The number of hydrogen-bond acceptors (Lipinski definition) is 6. The fraction of sp³-hybridized carbons (Fsp3) is 0.200. The van der Waals surface area contributed by atoms with Gasteiger partial charge >= 0.3 is 0 Å². The molecule has 1 heterocycles. The first-order valence-electron chi connectivity index (χ1n) is 4.79. The Labute approximate surface area is 107 Å². The standard InChI is InChI=1S/C10H10ClN3O2S/c11-7-2-1-3-8(4-7)17-6-9-13-10(5-15-12)16-14-9/h1-4H,5-6,12H2. The summed E-state index contributed by atoms with van der Waals surface area (Å²) in [6.45, 7) is 0.120. The molecular formula is C10H10ClN3O2S. The summed E-state index contributed by atoms with van der Waals surface area (Å²) in [5.74, 6) is 6.48. The maximum Gasteiger partial charge on any atom is 0.254 e. The van der Waals surface area contributed by atoms with Crippen molar-refractivity contribution in [1.82, 2.24) is 10.1 Å². The number of benzene rings is 1. The quantitative estimate of drug-likeness (QED) is 0.665. The summed E-state index contributed by atoms with van der Waals surface area (Å²) >= 11 is 7.46. The first-order valence-corrected chi connectivity index (χ1v) is 6.16. The van der Waals surface area contributed by atoms with Crippen LogP contribution in [0.2, 0.25) is 5.02 Å². The highest BCUT2D eigenvalue weighted by Gasteiger charge is 2.06. The Morgan fingerprint density at radius 3 is 3.12 bits per heavy atom. The van der Waals surface area contributed by atoms with Crippen LogP contribution in [0.1, 0.15) is 11.7 Å². The monoisotopic (exact) mass is 271 g/mol. The van der Waals surface area contributed by atoms with E-state index in [0.29, 0.717) is 22.5 Å². The molecule has 0 aliphatic carbocycles. The van der Waals surface area contributed by atoms with Gasteiger partial charge in [-0.15, -0.1) is 11.8 Å². The Bertz CT molecular complexity index is 492. The van der Waals surface area contributed by atoms with Crippen LogP contribution in [0.5, 0.6) is 0 Å². The maximum atomic E-state index is 5.88. The molecule has 2 aromatic rings. The predicted octanol–water partition coefficient (Wildman–Crippen LogP) is 2.41. The number of rotatable bonds is 5. The van der Waals surface area contributed by atoms with Crippen LogP contribution in [0, 0.1) is 0 Å². The van der Waals surface area contributed by atoms with E-state index in [0.717, 1.165) is 4.90 Å². The average molecular weight is 272 g/mol. The second-order valence-electron chi connectivity index (χ2n) is 3.16. The summed E-state index contributed by atoms with van der Waals surface area (Å²) in [6, 6.07) is 7.59. The highest BCUT2D eigenvalue weighted by Crippen LogP contribution is 2.24. The lowest BCUT2D eigenvalue weighted by molar-refractivity contribution is 0.0995. The zero-order chi connectivity index (χ0) is 12.1. The molecule has 0 aliphatic rings. The van der Waals surface area contributed by atoms with Gasteiger partial charge in [-0.1, -0.05) is 22.8 Å². The topological polar surface area (TPSA) is 74.2 Å². The van der Waals surface area contributed by atoms with Crippen LogP contribution in [-0.4, -0.2) is 10.1 Å². The van der Waals surface area contributed by atoms with E-state index in [1.54, 1.807) is 11.8 Å². The molecule has 7 heteroatoms. The van der Waals surface area contributed by atoms with Crippen molar-refractivity contribution in [1.29, 1.82) is 0 Å². The van der Waals surface area contributed by atoms with E-state index in [-0.39, 0.29) is 6.61 Å². The fourth-order valence-electron chi connectivity index (χ4n) is 1.18. The lowest BCUT2D eigenvalue weighted by Gasteiger charge is -1.98. The van der Waals surface area contributed by atoms with E-state index in [1.807, 2.05) is 24.3 Å². The Balaban J connectivity index is 1.93. The number of hydrogen-bond donors (Lipinski definition) is 1. The molecule has 0 radical (unpaired) electrons. The first kappa shape index (κ1) is 12.4. The summed E-state index contributed by atoms with van der Waals surface area (Å²) in [7, 11) is 0. The number of thioether (sulfide) groups is 1. The molecule has 2 rings (SSSR count). The average Bonchev–Trinajstić information content (AvgIpc) is 2.75. The molecule has 0 unspecified atom stereocenters. The summed E-state index contributed by atoms with van der Waals surface area (Å²) in [4.78, 5) is 9.55. The van der Waals surface area contributed by atoms with Gasteiger partial charge in [-0.3, -0.25) is 4.84 Å². The van der Waals surface area contributed by atoms with Crippen LogP contribution < -0.4 is 5.90 Å². The van der Waals surface area contributed by atoms with Crippen LogP contribution in [0.15, 0.2) is 33.7 Å². The molecule has 0 saturated heterocycles. The SMILES string of the molecule is NOCc1nc(CSc2cccc(Cl)c2)no1. The summed E-state index contributed by atoms with van der Waals surface area (Å²) in [5.41, 5.74) is 0. The second-order valence-corrected chi connectivity index (χ2v) is 4.65. The van der Waals surface area contributed by atoms with Crippen molar-refractivity contribution < 1.29 is 9.36 Å². The lowest BCUT2D eigenvalue weighted by atomic mass is 10.4. The zero-order valence-corrected chi connectivity index (χ0v) is 10.4. The molecule has 0 fully saturated rings. The minimum Gasteiger partial charge on any atom is -0.337 e. The molecule has 0 amide bonds. The first-order chi connectivity index (χ1) is 8.28. The highest BCUT2D eigenvalue weighted by molar-refractivity contribution is 7.98. The van der Waals surface area contributed by atoms with E-state index in [9.17, 15) is 0 Å². The van der Waals surface area contributed by atoms with Crippen molar-refractivity contribution in [2.24, 2.45) is 5.90 Å². The molecule has 0 atom stereocenters. The summed E-state index contributed by atoms with van der Waals surface area (Å²) in [6.07, 6.45) is 0. The van der Waals surface area contributed by atoms with E-state index >= 15 is 0 Å². The van der Waals surface area contributed by atoms with Gasteiger partial charge in [0.2, 0.25) is 0 Å². The van der Waals surface area contributed by atoms with Crippen molar-refractivity contribution in [2.75, 3.05) is 0 Å². The zero-order valence-electron chi connectivity index (χ0n) is 8.80. The van der Waals surface area contributed by atoms with Gasteiger partial charge in [-0.25, -0.2) is 5.90 Å². The summed E-state index contributed by atoms with van der Waals surface area (Å²) in [5, 5.41) is 4.51. The van der Waals surface area contributed by atoms with Gasteiger partial charge in [-0.05, 0) is 18.2 Å². The number of aromatic nitrogens is 2. The van der Waals surface area contributed by atoms with Crippen molar-refractivity contribution in [3.05, 3.63) is 41.0 Å². The van der Waals surface area contributed by atoms with Gasteiger partial charge < -0.3 is 4.52 Å².